The maximum absolute atomic E-state index is 13.4. The number of carbonyl (C=O) groups is 2. The van der Waals surface area contributed by atoms with Crippen LogP contribution in [0.5, 0.6) is 5.75 Å². The van der Waals surface area contributed by atoms with Crippen molar-refractivity contribution in [1.82, 2.24) is 14.6 Å². The minimum absolute atomic E-state index is 0.230. The first-order valence-corrected chi connectivity index (χ1v) is 16.9. The monoisotopic (exact) mass is 610 g/mol. The molecule has 4 aliphatic rings. The lowest BCUT2D eigenvalue weighted by Crippen LogP contribution is -2.78. The van der Waals surface area contributed by atoms with Crippen molar-refractivity contribution < 1.29 is 27.5 Å². The molecule has 2 saturated heterocycles. The first kappa shape index (κ1) is 29.7. The molecule has 2 amide bonds. The Balaban J connectivity index is 1.12. The number of sulfonamides is 1. The molecule has 11 heteroatoms. The van der Waals surface area contributed by atoms with Gasteiger partial charge in [-0.1, -0.05) is 37.5 Å². The molecule has 0 atom stereocenters. The Kier molecular flexibility index (Phi) is 7.38. The molecule has 1 N–H and O–H groups in total. The van der Waals surface area contributed by atoms with Gasteiger partial charge in [-0.3, -0.25) is 9.69 Å². The summed E-state index contributed by atoms with van der Waals surface area (Å²) in [5.41, 5.74) is 0.0261. The molecule has 2 aromatic rings. The molecule has 10 nitrogen and oxygen atoms in total. The molecule has 6 rings (SSSR count). The number of likely N-dealkylation sites (tertiary alicyclic amines) is 1. The third-order valence-electron chi connectivity index (χ3n) is 9.13. The SMILES string of the molecule is Cc1ccc(C2CCCCC2)c(OC2(C(=O)NS(=O)(=O)c3cccc(N4CC5(CCN5C(=O)OC(C)(C)C)C4)n3)CC2)c1. The van der Waals surface area contributed by atoms with E-state index in [1.165, 1.54) is 25.3 Å². The summed E-state index contributed by atoms with van der Waals surface area (Å²) in [5.74, 6) is 0.878. The van der Waals surface area contributed by atoms with Gasteiger partial charge in [-0.25, -0.2) is 14.5 Å². The number of anilines is 1. The number of benzene rings is 1. The van der Waals surface area contributed by atoms with Crippen LogP contribution in [0.3, 0.4) is 0 Å². The first-order valence-electron chi connectivity index (χ1n) is 15.4. The quantitative estimate of drug-likeness (QED) is 0.463. The summed E-state index contributed by atoms with van der Waals surface area (Å²) in [7, 11) is -4.24. The van der Waals surface area contributed by atoms with Crippen LogP contribution in [0.15, 0.2) is 41.4 Å². The smallest absolute Gasteiger partial charge is 0.410 e. The number of ether oxygens (including phenoxy) is 2. The van der Waals surface area contributed by atoms with E-state index in [0.717, 1.165) is 30.4 Å². The third kappa shape index (κ3) is 5.92. The second-order valence-corrected chi connectivity index (χ2v) is 15.3. The van der Waals surface area contributed by atoms with E-state index in [1.807, 2.05) is 38.7 Å². The average molecular weight is 611 g/mol. The number of nitrogens with one attached hydrogen (secondary N) is 1. The van der Waals surface area contributed by atoms with Crippen LogP contribution in [0, 0.1) is 6.92 Å². The number of amides is 2. The van der Waals surface area contributed by atoms with Crippen molar-refractivity contribution in [2.75, 3.05) is 24.5 Å². The van der Waals surface area contributed by atoms with Crippen molar-refractivity contribution in [1.29, 1.82) is 0 Å². The van der Waals surface area contributed by atoms with E-state index in [9.17, 15) is 18.0 Å². The van der Waals surface area contributed by atoms with E-state index in [2.05, 4.69) is 21.8 Å². The molecule has 1 aromatic carbocycles. The minimum atomic E-state index is -4.24. The summed E-state index contributed by atoms with van der Waals surface area (Å²) in [4.78, 5) is 34.1. The molecular weight excluding hydrogens is 568 g/mol. The van der Waals surface area contributed by atoms with Gasteiger partial charge in [-0.05, 0) is 82.2 Å². The average Bonchev–Trinajstić information content (AvgIpc) is 3.68. The van der Waals surface area contributed by atoms with Crippen molar-refractivity contribution in [3.05, 3.63) is 47.5 Å². The number of carbonyl (C=O) groups excluding carboxylic acids is 2. The highest BCUT2D eigenvalue weighted by Crippen LogP contribution is 2.45. The summed E-state index contributed by atoms with van der Waals surface area (Å²) >= 11 is 0. The van der Waals surface area contributed by atoms with Crippen LogP contribution >= 0.6 is 0 Å². The van der Waals surface area contributed by atoms with Crippen LogP contribution < -0.4 is 14.4 Å². The highest BCUT2D eigenvalue weighted by atomic mass is 32.2. The fourth-order valence-electron chi connectivity index (χ4n) is 6.47. The zero-order valence-electron chi connectivity index (χ0n) is 25.5. The van der Waals surface area contributed by atoms with E-state index in [1.54, 1.807) is 17.0 Å². The lowest BCUT2D eigenvalue weighted by atomic mass is 9.78. The summed E-state index contributed by atoms with van der Waals surface area (Å²) in [6.07, 6.45) is 7.18. The Hall–Kier alpha value is -3.34. The Labute approximate surface area is 254 Å². The minimum Gasteiger partial charge on any atom is -0.477 e. The molecule has 2 aliphatic heterocycles. The van der Waals surface area contributed by atoms with Gasteiger partial charge in [0.25, 0.3) is 15.9 Å². The third-order valence-corrected chi connectivity index (χ3v) is 10.4. The van der Waals surface area contributed by atoms with Gasteiger partial charge in [0.1, 0.15) is 17.2 Å². The molecule has 3 heterocycles. The van der Waals surface area contributed by atoms with Gasteiger partial charge in [-0.2, -0.15) is 8.42 Å². The molecule has 4 fully saturated rings. The molecule has 0 bridgehead atoms. The van der Waals surface area contributed by atoms with Crippen LogP contribution in [-0.4, -0.2) is 66.7 Å². The molecule has 0 unspecified atom stereocenters. The Bertz CT molecular complexity index is 1520. The van der Waals surface area contributed by atoms with Gasteiger partial charge >= 0.3 is 6.09 Å². The number of aryl methyl sites for hydroxylation is 1. The molecular formula is C32H42N4O6S. The standard InChI is InChI=1S/C32H42N4O6S/c1-22-13-14-24(23-9-6-5-7-10-23)25(19-22)41-32(15-16-32)28(37)34-43(39,40)27-12-8-11-26(33-27)35-20-31(21-35)17-18-36(31)29(38)42-30(2,3)4/h8,11-14,19,23H,5-7,9-10,15-18,20-21H2,1-4H3,(H,34,37). The number of aromatic nitrogens is 1. The van der Waals surface area contributed by atoms with Crippen LogP contribution in [0.1, 0.15) is 89.2 Å². The van der Waals surface area contributed by atoms with Gasteiger partial charge in [0.2, 0.25) is 0 Å². The van der Waals surface area contributed by atoms with Crippen LogP contribution in [0.2, 0.25) is 0 Å². The predicted octanol–water partition coefficient (Wildman–Crippen LogP) is 5.05. The molecule has 232 valence electrons. The lowest BCUT2D eigenvalue weighted by Gasteiger charge is -2.62. The van der Waals surface area contributed by atoms with E-state index in [0.29, 0.717) is 50.0 Å². The van der Waals surface area contributed by atoms with E-state index in [4.69, 9.17) is 9.47 Å². The lowest BCUT2D eigenvalue weighted by molar-refractivity contribution is -0.128. The van der Waals surface area contributed by atoms with Crippen LogP contribution in [-0.2, 0) is 19.6 Å². The zero-order chi connectivity index (χ0) is 30.6. The van der Waals surface area contributed by atoms with E-state index >= 15 is 0 Å². The maximum Gasteiger partial charge on any atom is 0.410 e. The largest absolute Gasteiger partial charge is 0.477 e. The number of rotatable bonds is 7. The molecule has 2 aliphatic carbocycles. The van der Waals surface area contributed by atoms with Crippen molar-refractivity contribution in [3.8, 4) is 5.75 Å². The zero-order valence-corrected chi connectivity index (χ0v) is 26.3. The van der Waals surface area contributed by atoms with Crippen LogP contribution in [0.25, 0.3) is 0 Å². The first-order chi connectivity index (χ1) is 20.3. The summed E-state index contributed by atoms with van der Waals surface area (Å²) in [6.45, 7) is 9.21. The van der Waals surface area contributed by atoms with Crippen molar-refractivity contribution in [2.45, 2.75) is 107 Å². The van der Waals surface area contributed by atoms with Gasteiger partial charge < -0.3 is 14.4 Å². The molecule has 43 heavy (non-hydrogen) atoms. The van der Waals surface area contributed by atoms with Crippen molar-refractivity contribution >= 4 is 27.8 Å². The van der Waals surface area contributed by atoms with E-state index < -0.39 is 27.1 Å². The number of pyridine rings is 1. The summed E-state index contributed by atoms with van der Waals surface area (Å²) in [5, 5.41) is -0.230. The molecule has 1 spiro atoms. The van der Waals surface area contributed by atoms with Gasteiger partial charge in [0.15, 0.2) is 10.6 Å². The Morgan fingerprint density at radius 3 is 2.37 bits per heavy atom. The van der Waals surface area contributed by atoms with E-state index in [-0.39, 0.29) is 16.7 Å². The fourth-order valence-corrected chi connectivity index (χ4v) is 7.48. The van der Waals surface area contributed by atoms with Crippen LogP contribution in [0.4, 0.5) is 10.6 Å². The number of nitrogens with zero attached hydrogens (tertiary/aromatic N) is 3. The van der Waals surface area contributed by atoms with Gasteiger partial charge in [0, 0.05) is 32.5 Å². The van der Waals surface area contributed by atoms with Crippen molar-refractivity contribution in [2.24, 2.45) is 0 Å². The second-order valence-electron chi connectivity index (χ2n) is 13.7. The van der Waals surface area contributed by atoms with Gasteiger partial charge in [0.05, 0.1) is 5.54 Å². The second kappa shape index (κ2) is 10.7. The Morgan fingerprint density at radius 2 is 1.74 bits per heavy atom. The van der Waals surface area contributed by atoms with Crippen molar-refractivity contribution in [3.63, 3.8) is 0 Å². The summed E-state index contributed by atoms with van der Waals surface area (Å²) < 4.78 is 40.9. The molecule has 1 aromatic heterocycles. The fraction of sp³-hybridized carbons (Fsp3) is 0.594. The number of hydrogen-bond acceptors (Lipinski definition) is 8. The molecule has 2 saturated carbocycles. The maximum atomic E-state index is 13.4. The molecule has 0 radical (unpaired) electrons. The highest BCUT2D eigenvalue weighted by Gasteiger charge is 2.57. The highest BCUT2D eigenvalue weighted by molar-refractivity contribution is 7.90. The predicted molar refractivity (Wildman–Crippen MR) is 162 cm³/mol. The van der Waals surface area contributed by atoms with Gasteiger partial charge in [-0.15, -0.1) is 0 Å². The topological polar surface area (TPSA) is 118 Å². The Morgan fingerprint density at radius 1 is 1.02 bits per heavy atom. The normalized spacial score (nSPS) is 21.0. The summed E-state index contributed by atoms with van der Waals surface area (Å²) in [6, 6.07) is 10.9. The number of hydrogen-bond donors (Lipinski definition) is 1.